The largest absolute Gasteiger partial charge is 0.472 e. The SMILES string of the molecule is CCCCCC/C=C/CCCCCCCCCCCC(=O)OC[C@H](COP(=O)(O)OC[C@@H](O)CO)OC(=O)CCCCCCCCCCCCCCCCCCCC. The van der Waals surface area contributed by atoms with Gasteiger partial charge in [-0.1, -0.05) is 199 Å². The van der Waals surface area contributed by atoms with Crippen molar-refractivity contribution in [3.63, 3.8) is 0 Å². The number of hydrogen-bond donors (Lipinski definition) is 3. The molecule has 0 aliphatic carbocycles. The van der Waals surface area contributed by atoms with Crippen molar-refractivity contribution in [3.8, 4) is 0 Å². The van der Waals surface area contributed by atoms with Crippen LogP contribution in [-0.2, 0) is 32.7 Å². The highest BCUT2D eigenvalue weighted by Gasteiger charge is 2.27. The van der Waals surface area contributed by atoms with E-state index in [4.69, 9.17) is 23.6 Å². The molecule has 0 aromatic carbocycles. The van der Waals surface area contributed by atoms with Gasteiger partial charge in [-0.3, -0.25) is 18.6 Å². The van der Waals surface area contributed by atoms with Crippen LogP contribution in [0.1, 0.15) is 239 Å². The lowest BCUT2D eigenvalue weighted by atomic mass is 10.0. The number of aliphatic hydroxyl groups is 2. The van der Waals surface area contributed by atoms with Crippen molar-refractivity contribution >= 4 is 19.8 Å². The first kappa shape index (κ1) is 56.7. The summed E-state index contributed by atoms with van der Waals surface area (Å²) in [4.78, 5) is 35.1. The van der Waals surface area contributed by atoms with Gasteiger partial charge in [-0.25, -0.2) is 4.57 Å². The predicted octanol–water partition coefficient (Wildman–Crippen LogP) is 13.2. The zero-order valence-corrected chi connectivity index (χ0v) is 38.4. The number of phosphoric acid groups is 1. The monoisotopic (exact) mass is 847 g/mol. The van der Waals surface area contributed by atoms with Gasteiger partial charge in [-0.15, -0.1) is 0 Å². The number of unbranched alkanes of at least 4 members (excludes halogenated alkanes) is 30. The highest BCUT2D eigenvalue weighted by atomic mass is 31.2. The van der Waals surface area contributed by atoms with E-state index in [-0.39, 0.29) is 19.4 Å². The van der Waals surface area contributed by atoms with E-state index in [1.165, 1.54) is 161 Å². The number of esters is 2. The van der Waals surface area contributed by atoms with Gasteiger partial charge in [0, 0.05) is 12.8 Å². The summed E-state index contributed by atoms with van der Waals surface area (Å²) in [5.74, 6) is -0.912. The highest BCUT2D eigenvalue weighted by Crippen LogP contribution is 2.43. The van der Waals surface area contributed by atoms with Crippen molar-refractivity contribution in [1.29, 1.82) is 0 Å². The minimum atomic E-state index is -4.61. The van der Waals surface area contributed by atoms with E-state index in [0.717, 1.165) is 38.5 Å². The molecule has 0 aromatic heterocycles. The number of hydrogen-bond acceptors (Lipinski definition) is 9. The van der Waals surface area contributed by atoms with Crippen molar-refractivity contribution in [2.24, 2.45) is 0 Å². The first-order valence-electron chi connectivity index (χ1n) is 24.1. The van der Waals surface area contributed by atoms with Crippen LogP contribution in [0, 0.1) is 0 Å². The Balaban J connectivity index is 4.19. The molecule has 0 saturated heterocycles. The number of ether oxygens (including phenoxy) is 2. The second-order valence-electron chi connectivity index (χ2n) is 16.5. The number of allylic oxidation sites excluding steroid dienone is 2. The van der Waals surface area contributed by atoms with Crippen LogP contribution in [0.3, 0.4) is 0 Å². The molecular weight excluding hydrogens is 755 g/mol. The van der Waals surface area contributed by atoms with Gasteiger partial charge in [0.1, 0.15) is 12.7 Å². The maximum atomic E-state index is 12.6. The Labute approximate surface area is 356 Å². The number of carbonyl (C=O) groups is 2. The van der Waals surface area contributed by atoms with E-state index < -0.39 is 51.8 Å². The molecule has 0 aliphatic rings. The smallest absolute Gasteiger partial charge is 0.462 e. The Morgan fingerprint density at radius 1 is 0.500 bits per heavy atom. The summed E-state index contributed by atoms with van der Waals surface area (Å²) in [6.07, 6.45) is 43.1. The average molecular weight is 847 g/mol. The van der Waals surface area contributed by atoms with E-state index in [1.54, 1.807) is 0 Å². The molecule has 0 aromatic rings. The lowest BCUT2D eigenvalue weighted by molar-refractivity contribution is -0.161. The van der Waals surface area contributed by atoms with Crippen molar-refractivity contribution in [2.45, 2.75) is 251 Å². The molecule has 0 rings (SSSR count). The van der Waals surface area contributed by atoms with Crippen molar-refractivity contribution < 1.29 is 47.8 Å². The van der Waals surface area contributed by atoms with Crippen LogP contribution in [0.4, 0.5) is 0 Å². The van der Waals surface area contributed by atoms with Gasteiger partial charge < -0.3 is 24.6 Å². The van der Waals surface area contributed by atoms with Gasteiger partial charge in [-0.05, 0) is 38.5 Å². The normalized spacial score (nSPS) is 13.8. The molecule has 0 aliphatic heterocycles. The zero-order valence-electron chi connectivity index (χ0n) is 37.5. The molecule has 3 N–H and O–H groups in total. The fourth-order valence-corrected chi connectivity index (χ4v) is 7.72. The second-order valence-corrected chi connectivity index (χ2v) is 17.9. The van der Waals surface area contributed by atoms with E-state index in [9.17, 15) is 24.2 Å². The summed E-state index contributed by atoms with van der Waals surface area (Å²) in [5, 5.41) is 18.4. The molecule has 58 heavy (non-hydrogen) atoms. The Morgan fingerprint density at radius 2 is 0.845 bits per heavy atom. The summed E-state index contributed by atoms with van der Waals surface area (Å²) in [5.41, 5.74) is 0. The molecule has 0 radical (unpaired) electrons. The van der Waals surface area contributed by atoms with Crippen LogP contribution in [0.25, 0.3) is 0 Å². The molecule has 0 fully saturated rings. The molecule has 0 heterocycles. The number of rotatable bonds is 46. The van der Waals surface area contributed by atoms with E-state index in [0.29, 0.717) is 12.8 Å². The molecule has 0 spiro atoms. The van der Waals surface area contributed by atoms with Gasteiger partial charge in [0.05, 0.1) is 19.8 Å². The average Bonchev–Trinajstić information content (AvgIpc) is 3.21. The third kappa shape index (κ3) is 42.8. The summed E-state index contributed by atoms with van der Waals surface area (Å²) >= 11 is 0. The first-order valence-corrected chi connectivity index (χ1v) is 25.6. The molecule has 10 nitrogen and oxygen atoms in total. The second kappa shape index (κ2) is 43.8. The topological polar surface area (TPSA) is 149 Å². The summed E-state index contributed by atoms with van der Waals surface area (Å²) in [6, 6.07) is 0. The number of carbonyl (C=O) groups excluding carboxylic acids is 2. The molecule has 11 heteroatoms. The Bertz CT molecular complexity index is 977. The molecule has 0 bridgehead atoms. The van der Waals surface area contributed by atoms with Crippen molar-refractivity contribution in [2.75, 3.05) is 26.4 Å². The van der Waals surface area contributed by atoms with Gasteiger partial charge >= 0.3 is 19.8 Å². The van der Waals surface area contributed by atoms with Gasteiger partial charge in [0.2, 0.25) is 0 Å². The van der Waals surface area contributed by atoms with E-state index >= 15 is 0 Å². The fourth-order valence-electron chi connectivity index (χ4n) is 6.93. The number of phosphoric ester groups is 1. The zero-order chi connectivity index (χ0) is 42.6. The van der Waals surface area contributed by atoms with Crippen LogP contribution >= 0.6 is 7.82 Å². The van der Waals surface area contributed by atoms with Gasteiger partial charge in [0.15, 0.2) is 6.10 Å². The van der Waals surface area contributed by atoms with Crippen LogP contribution in [0.2, 0.25) is 0 Å². The molecule has 0 saturated carbocycles. The summed E-state index contributed by atoms with van der Waals surface area (Å²) in [6.45, 7) is 2.42. The minimum Gasteiger partial charge on any atom is -0.462 e. The van der Waals surface area contributed by atoms with Crippen molar-refractivity contribution in [3.05, 3.63) is 12.2 Å². The molecule has 0 amide bonds. The van der Waals surface area contributed by atoms with Crippen LogP contribution in [-0.4, -0.2) is 65.7 Å². The Morgan fingerprint density at radius 3 is 1.26 bits per heavy atom. The molecule has 1 unspecified atom stereocenters. The Kier molecular flexibility index (Phi) is 42.8. The van der Waals surface area contributed by atoms with Crippen LogP contribution < -0.4 is 0 Å². The quantitative estimate of drug-likeness (QED) is 0.0234. The summed E-state index contributed by atoms with van der Waals surface area (Å²) < 4.78 is 32.8. The lowest BCUT2D eigenvalue weighted by Crippen LogP contribution is -2.29. The van der Waals surface area contributed by atoms with E-state index in [1.807, 2.05) is 0 Å². The van der Waals surface area contributed by atoms with Crippen molar-refractivity contribution in [1.82, 2.24) is 0 Å². The van der Waals surface area contributed by atoms with Gasteiger partial charge in [0.25, 0.3) is 0 Å². The highest BCUT2D eigenvalue weighted by molar-refractivity contribution is 7.47. The van der Waals surface area contributed by atoms with E-state index in [2.05, 4.69) is 26.0 Å². The molecular formula is C47H91O10P. The maximum Gasteiger partial charge on any atom is 0.472 e. The molecule has 3 atom stereocenters. The Hall–Kier alpha value is -1.29. The van der Waals surface area contributed by atoms with Crippen LogP contribution in [0.5, 0.6) is 0 Å². The maximum absolute atomic E-state index is 12.6. The third-order valence-electron chi connectivity index (χ3n) is 10.7. The standard InChI is InChI=1S/C47H91O10P/c1-3-5-7-9-11-13-15-17-19-21-23-25-27-29-31-33-35-37-39-47(51)57-45(43-56-58(52,53)55-41-44(49)40-48)42-54-46(50)38-36-34-32-30-28-26-24-22-20-18-16-14-12-10-8-6-4-2/h14,16,44-45,48-49H,3-13,15,17-43H2,1-2H3,(H,52,53)/b16-14+/t44-,45+/m0/s1. The molecule has 344 valence electrons. The van der Waals surface area contributed by atoms with Gasteiger partial charge in [-0.2, -0.15) is 0 Å². The first-order chi connectivity index (χ1) is 28.2. The predicted molar refractivity (Wildman–Crippen MR) is 238 cm³/mol. The summed E-state index contributed by atoms with van der Waals surface area (Å²) in [7, 11) is -4.61. The number of aliphatic hydroxyl groups excluding tert-OH is 2. The van der Waals surface area contributed by atoms with Crippen LogP contribution in [0.15, 0.2) is 12.2 Å². The fraction of sp³-hybridized carbons (Fsp3) is 0.915. The lowest BCUT2D eigenvalue weighted by Gasteiger charge is -2.20. The third-order valence-corrected chi connectivity index (χ3v) is 11.6. The minimum absolute atomic E-state index is 0.190.